The fourth-order valence-corrected chi connectivity index (χ4v) is 2.12. The molecule has 1 heterocycles. The molecule has 1 aromatic rings. The molecule has 4 nitrogen and oxygen atoms in total. The maximum Gasteiger partial charge on any atom is 0.263 e. The molecule has 1 amide bonds. The number of ether oxygens (including phenoxy) is 1. The third kappa shape index (κ3) is 2.98. The minimum atomic E-state index is -0.351. The lowest BCUT2D eigenvalue weighted by atomic mass is 10.1. The first-order valence-electron chi connectivity index (χ1n) is 5.85. The Hall–Kier alpha value is -1.62. The minimum Gasteiger partial charge on any atom is -0.481 e. The number of hydrogen-bond donors (Lipinski definition) is 1. The monoisotopic (exact) mass is 264 g/mol. The third-order valence-corrected chi connectivity index (χ3v) is 3.10. The van der Waals surface area contributed by atoms with Crippen LogP contribution in [-0.4, -0.2) is 35.5 Å². The van der Waals surface area contributed by atoms with E-state index in [0.717, 1.165) is 18.5 Å². The second-order valence-electron chi connectivity index (χ2n) is 4.44. The van der Waals surface area contributed by atoms with Crippen molar-refractivity contribution in [3.05, 3.63) is 29.8 Å². The SMILES string of the molecule is CN1CCC(Oc2ccc(CC(N)=S)cc2)C1=O. The zero-order valence-electron chi connectivity index (χ0n) is 10.3. The van der Waals surface area contributed by atoms with E-state index in [4.69, 9.17) is 22.7 Å². The molecule has 0 bridgehead atoms. The van der Waals surface area contributed by atoms with Gasteiger partial charge < -0.3 is 15.4 Å². The highest BCUT2D eigenvalue weighted by molar-refractivity contribution is 7.80. The Bertz CT molecular complexity index is 459. The summed E-state index contributed by atoms with van der Waals surface area (Å²) >= 11 is 4.85. The summed E-state index contributed by atoms with van der Waals surface area (Å²) in [5, 5.41) is 0. The van der Waals surface area contributed by atoms with Gasteiger partial charge in [-0.1, -0.05) is 24.4 Å². The van der Waals surface area contributed by atoms with Crippen LogP contribution in [0.2, 0.25) is 0 Å². The molecule has 2 rings (SSSR count). The van der Waals surface area contributed by atoms with Gasteiger partial charge in [-0.15, -0.1) is 0 Å². The van der Waals surface area contributed by atoms with Gasteiger partial charge in [-0.2, -0.15) is 0 Å². The largest absolute Gasteiger partial charge is 0.481 e. The summed E-state index contributed by atoms with van der Waals surface area (Å²) in [5.74, 6) is 0.748. The van der Waals surface area contributed by atoms with Crippen LogP contribution in [0.4, 0.5) is 0 Å². The zero-order valence-corrected chi connectivity index (χ0v) is 11.1. The number of amides is 1. The number of hydrogen-bond acceptors (Lipinski definition) is 3. The van der Waals surface area contributed by atoms with Crippen molar-refractivity contribution < 1.29 is 9.53 Å². The Morgan fingerprint density at radius 2 is 2.17 bits per heavy atom. The van der Waals surface area contributed by atoms with Gasteiger partial charge in [0.1, 0.15) is 5.75 Å². The standard InChI is InChI=1S/C13H16N2O2S/c1-15-7-6-11(13(15)16)17-10-4-2-9(3-5-10)8-12(14)18/h2-5,11H,6-8H2,1H3,(H2,14,18). The van der Waals surface area contributed by atoms with E-state index in [-0.39, 0.29) is 12.0 Å². The van der Waals surface area contributed by atoms with Crippen LogP contribution in [0.15, 0.2) is 24.3 Å². The number of benzene rings is 1. The summed E-state index contributed by atoms with van der Waals surface area (Å²) in [6, 6.07) is 7.52. The van der Waals surface area contributed by atoms with E-state index < -0.39 is 0 Å². The molecular weight excluding hydrogens is 248 g/mol. The molecule has 18 heavy (non-hydrogen) atoms. The zero-order chi connectivity index (χ0) is 13.1. The second kappa shape index (κ2) is 5.35. The van der Waals surface area contributed by atoms with E-state index in [0.29, 0.717) is 17.2 Å². The number of likely N-dealkylation sites (tertiary alicyclic amines) is 1. The van der Waals surface area contributed by atoms with Crippen molar-refractivity contribution in [3.8, 4) is 5.75 Å². The molecule has 5 heteroatoms. The van der Waals surface area contributed by atoms with Crippen LogP contribution < -0.4 is 10.5 Å². The topological polar surface area (TPSA) is 55.6 Å². The summed E-state index contributed by atoms with van der Waals surface area (Å²) in [4.78, 5) is 13.8. The van der Waals surface area contributed by atoms with Crippen molar-refractivity contribution in [2.75, 3.05) is 13.6 Å². The number of nitrogens with two attached hydrogens (primary N) is 1. The van der Waals surface area contributed by atoms with Crippen molar-refractivity contribution in [3.63, 3.8) is 0 Å². The summed E-state index contributed by atoms with van der Waals surface area (Å²) < 4.78 is 5.66. The second-order valence-corrected chi connectivity index (χ2v) is 4.97. The van der Waals surface area contributed by atoms with Crippen LogP contribution in [-0.2, 0) is 11.2 Å². The Kier molecular flexibility index (Phi) is 3.81. The normalized spacial score (nSPS) is 19.1. The molecule has 96 valence electrons. The van der Waals surface area contributed by atoms with Crippen LogP contribution in [0.25, 0.3) is 0 Å². The highest BCUT2D eigenvalue weighted by Crippen LogP contribution is 2.19. The fourth-order valence-electron chi connectivity index (χ4n) is 1.95. The van der Waals surface area contributed by atoms with Crippen molar-refractivity contribution in [2.24, 2.45) is 5.73 Å². The van der Waals surface area contributed by atoms with Gasteiger partial charge in [0, 0.05) is 26.4 Å². The molecule has 0 aliphatic carbocycles. The van der Waals surface area contributed by atoms with Crippen LogP contribution in [0.5, 0.6) is 5.75 Å². The number of thiocarbonyl (C=S) groups is 1. The minimum absolute atomic E-state index is 0.0437. The number of rotatable bonds is 4. The summed E-state index contributed by atoms with van der Waals surface area (Å²) in [5.41, 5.74) is 6.52. The van der Waals surface area contributed by atoms with Crippen molar-refractivity contribution >= 4 is 23.1 Å². The van der Waals surface area contributed by atoms with Crippen LogP contribution in [0, 0.1) is 0 Å². The highest BCUT2D eigenvalue weighted by atomic mass is 32.1. The molecule has 0 radical (unpaired) electrons. The molecule has 1 aromatic carbocycles. The molecule has 0 saturated carbocycles. The molecule has 0 aromatic heterocycles. The number of carbonyl (C=O) groups excluding carboxylic acids is 1. The van der Waals surface area contributed by atoms with Gasteiger partial charge in [-0.25, -0.2) is 0 Å². The van der Waals surface area contributed by atoms with Gasteiger partial charge in [-0.3, -0.25) is 4.79 Å². The van der Waals surface area contributed by atoms with Crippen molar-refractivity contribution in [1.29, 1.82) is 0 Å². The van der Waals surface area contributed by atoms with E-state index in [9.17, 15) is 4.79 Å². The molecule has 1 aliphatic rings. The highest BCUT2D eigenvalue weighted by Gasteiger charge is 2.30. The Morgan fingerprint density at radius 1 is 1.50 bits per heavy atom. The molecule has 0 spiro atoms. The lowest BCUT2D eigenvalue weighted by molar-refractivity contribution is -0.132. The number of nitrogens with zero attached hydrogens (tertiary/aromatic N) is 1. The first-order valence-corrected chi connectivity index (χ1v) is 6.26. The first-order chi connectivity index (χ1) is 8.56. The maximum absolute atomic E-state index is 11.7. The smallest absolute Gasteiger partial charge is 0.263 e. The average Bonchev–Trinajstić information content (AvgIpc) is 2.63. The Balaban J connectivity index is 1.98. The maximum atomic E-state index is 11.7. The van der Waals surface area contributed by atoms with E-state index in [2.05, 4.69) is 0 Å². The average molecular weight is 264 g/mol. The van der Waals surface area contributed by atoms with Crippen molar-refractivity contribution in [1.82, 2.24) is 4.90 Å². The molecule has 1 saturated heterocycles. The Labute approximate surface area is 112 Å². The van der Waals surface area contributed by atoms with Crippen molar-refractivity contribution in [2.45, 2.75) is 18.9 Å². The third-order valence-electron chi connectivity index (χ3n) is 2.96. The fraction of sp³-hybridized carbons (Fsp3) is 0.385. The molecule has 1 fully saturated rings. The van der Waals surface area contributed by atoms with Gasteiger partial charge >= 0.3 is 0 Å². The van der Waals surface area contributed by atoms with Crippen LogP contribution >= 0.6 is 12.2 Å². The molecule has 1 atom stereocenters. The number of likely N-dealkylation sites (N-methyl/N-ethyl adjacent to an activating group) is 1. The van der Waals surface area contributed by atoms with Crippen LogP contribution in [0.3, 0.4) is 0 Å². The van der Waals surface area contributed by atoms with Gasteiger partial charge in [0.2, 0.25) is 0 Å². The quantitative estimate of drug-likeness (QED) is 0.828. The Morgan fingerprint density at radius 3 is 2.67 bits per heavy atom. The molecule has 1 unspecified atom stereocenters. The molecule has 2 N–H and O–H groups in total. The van der Waals surface area contributed by atoms with Gasteiger partial charge in [0.15, 0.2) is 6.10 Å². The lowest BCUT2D eigenvalue weighted by Gasteiger charge is -2.13. The van der Waals surface area contributed by atoms with Gasteiger partial charge in [0.25, 0.3) is 5.91 Å². The summed E-state index contributed by atoms with van der Waals surface area (Å²) in [6.07, 6.45) is 0.974. The summed E-state index contributed by atoms with van der Waals surface area (Å²) in [7, 11) is 1.79. The predicted octanol–water partition coefficient (Wildman–Crippen LogP) is 1.12. The van der Waals surface area contributed by atoms with E-state index in [1.54, 1.807) is 11.9 Å². The number of carbonyl (C=O) groups is 1. The summed E-state index contributed by atoms with van der Waals surface area (Å²) in [6.45, 7) is 0.753. The lowest BCUT2D eigenvalue weighted by Crippen LogP contribution is -2.29. The van der Waals surface area contributed by atoms with E-state index in [1.807, 2.05) is 24.3 Å². The van der Waals surface area contributed by atoms with E-state index >= 15 is 0 Å². The first kappa shape index (κ1) is 12.8. The van der Waals surface area contributed by atoms with Gasteiger partial charge in [-0.05, 0) is 17.7 Å². The van der Waals surface area contributed by atoms with Gasteiger partial charge in [0.05, 0.1) is 4.99 Å². The molecular formula is C13H16N2O2S. The molecule has 1 aliphatic heterocycles. The predicted molar refractivity (Wildman–Crippen MR) is 73.6 cm³/mol. The van der Waals surface area contributed by atoms with E-state index in [1.165, 1.54) is 0 Å². The van der Waals surface area contributed by atoms with Crippen LogP contribution in [0.1, 0.15) is 12.0 Å².